The third kappa shape index (κ3) is 6.01. The average molecular weight is 473 g/mol. The van der Waals surface area contributed by atoms with E-state index in [-0.39, 0.29) is 11.9 Å². The molecule has 184 valence electrons. The number of carbonyl (C=O) groups excluding carboxylic acids is 1. The highest BCUT2D eigenvalue weighted by Gasteiger charge is 2.22. The van der Waals surface area contributed by atoms with Crippen LogP contribution >= 0.6 is 0 Å². The number of likely N-dealkylation sites (tertiary alicyclic amines) is 2. The van der Waals surface area contributed by atoms with Crippen molar-refractivity contribution in [3.63, 3.8) is 0 Å². The standard InChI is InChI=1S/C29H36N4O2/c1-35-28-4-2-3-24(17-28)29(34)31-27-10-13-32(14-11-27)18-21-5-7-23-8-6-22(16-25(23)15-21)19-33-12-9-26(30)20-33/h2-8,15-17,26-27H,9-14,18-20,30H2,1H3,(H,31,34). The number of nitrogens with zero attached hydrogens (tertiary/aromatic N) is 2. The molecule has 6 nitrogen and oxygen atoms in total. The molecule has 2 saturated heterocycles. The highest BCUT2D eigenvalue weighted by Crippen LogP contribution is 2.22. The Labute approximate surface area is 208 Å². The molecule has 6 heteroatoms. The molecule has 1 unspecified atom stereocenters. The summed E-state index contributed by atoms with van der Waals surface area (Å²) in [5, 5.41) is 5.80. The van der Waals surface area contributed by atoms with Crippen LogP contribution in [0.4, 0.5) is 0 Å². The van der Waals surface area contributed by atoms with Crippen LogP contribution in [0.1, 0.15) is 40.7 Å². The molecular formula is C29H36N4O2. The van der Waals surface area contributed by atoms with Crippen molar-refractivity contribution in [3.8, 4) is 5.75 Å². The second-order valence-electron chi connectivity index (χ2n) is 10.1. The molecule has 0 aliphatic carbocycles. The summed E-state index contributed by atoms with van der Waals surface area (Å²) < 4.78 is 5.24. The average Bonchev–Trinajstić information content (AvgIpc) is 3.29. The van der Waals surface area contributed by atoms with Crippen LogP contribution in [-0.2, 0) is 13.1 Å². The molecular weight excluding hydrogens is 436 g/mol. The third-order valence-electron chi connectivity index (χ3n) is 7.34. The molecule has 0 aromatic heterocycles. The Hall–Kier alpha value is -2.93. The van der Waals surface area contributed by atoms with Crippen LogP contribution in [0.25, 0.3) is 10.8 Å². The lowest BCUT2D eigenvalue weighted by Crippen LogP contribution is -2.44. The summed E-state index contributed by atoms with van der Waals surface area (Å²) in [6.45, 7) is 5.97. The highest BCUT2D eigenvalue weighted by atomic mass is 16.5. The third-order valence-corrected chi connectivity index (χ3v) is 7.34. The maximum absolute atomic E-state index is 12.6. The number of rotatable bonds is 7. The van der Waals surface area contributed by atoms with Crippen LogP contribution in [0, 0.1) is 0 Å². The van der Waals surface area contributed by atoms with Gasteiger partial charge in [-0.05, 0) is 71.5 Å². The summed E-state index contributed by atoms with van der Waals surface area (Å²) in [6, 6.07) is 21.5. The van der Waals surface area contributed by atoms with Crippen molar-refractivity contribution in [1.29, 1.82) is 0 Å². The smallest absolute Gasteiger partial charge is 0.251 e. The first-order valence-electron chi connectivity index (χ1n) is 12.7. The van der Waals surface area contributed by atoms with Crippen molar-refractivity contribution in [1.82, 2.24) is 15.1 Å². The van der Waals surface area contributed by atoms with Crippen molar-refractivity contribution >= 4 is 16.7 Å². The summed E-state index contributed by atoms with van der Waals surface area (Å²) >= 11 is 0. The molecule has 1 amide bonds. The zero-order chi connectivity index (χ0) is 24.2. The number of nitrogens with one attached hydrogen (secondary N) is 1. The first kappa shape index (κ1) is 23.8. The maximum Gasteiger partial charge on any atom is 0.251 e. The molecule has 2 fully saturated rings. The molecule has 3 aromatic carbocycles. The van der Waals surface area contributed by atoms with Crippen LogP contribution in [0.3, 0.4) is 0 Å². The van der Waals surface area contributed by atoms with Gasteiger partial charge in [-0.2, -0.15) is 0 Å². The van der Waals surface area contributed by atoms with Crippen LogP contribution in [0.15, 0.2) is 60.7 Å². The van der Waals surface area contributed by atoms with Gasteiger partial charge in [0.15, 0.2) is 0 Å². The van der Waals surface area contributed by atoms with Gasteiger partial charge in [0.25, 0.3) is 5.91 Å². The Balaban J connectivity index is 1.15. The van der Waals surface area contributed by atoms with Gasteiger partial charge in [0, 0.05) is 56.9 Å². The summed E-state index contributed by atoms with van der Waals surface area (Å²) in [4.78, 5) is 17.6. The number of benzene rings is 3. The van der Waals surface area contributed by atoms with Gasteiger partial charge in [-0.3, -0.25) is 14.6 Å². The van der Waals surface area contributed by atoms with Gasteiger partial charge in [0.05, 0.1) is 7.11 Å². The fraction of sp³-hybridized carbons (Fsp3) is 0.414. The number of hydrogen-bond donors (Lipinski definition) is 2. The minimum Gasteiger partial charge on any atom is -0.497 e. The zero-order valence-electron chi connectivity index (χ0n) is 20.6. The molecule has 35 heavy (non-hydrogen) atoms. The fourth-order valence-corrected chi connectivity index (χ4v) is 5.33. The zero-order valence-corrected chi connectivity index (χ0v) is 20.6. The lowest BCUT2D eigenvalue weighted by Gasteiger charge is -2.32. The molecule has 3 aromatic rings. The van der Waals surface area contributed by atoms with E-state index in [1.165, 1.54) is 21.9 Å². The number of piperidine rings is 1. The van der Waals surface area contributed by atoms with E-state index in [1.54, 1.807) is 13.2 Å². The van der Waals surface area contributed by atoms with Crippen LogP contribution < -0.4 is 15.8 Å². The lowest BCUT2D eigenvalue weighted by atomic mass is 10.0. The number of methoxy groups -OCH3 is 1. The minimum atomic E-state index is -0.0244. The Morgan fingerprint density at radius 3 is 2.26 bits per heavy atom. The van der Waals surface area contributed by atoms with E-state index in [0.29, 0.717) is 17.4 Å². The number of carbonyl (C=O) groups is 1. The highest BCUT2D eigenvalue weighted by molar-refractivity contribution is 5.94. The largest absolute Gasteiger partial charge is 0.497 e. The number of amides is 1. The van der Waals surface area contributed by atoms with Gasteiger partial charge in [0.1, 0.15) is 5.75 Å². The van der Waals surface area contributed by atoms with E-state index in [0.717, 1.165) is 58.5 Å². The minimum absolute atomic E-state index is 0.0244. The Bertz CT molecular complexity index is 1170. The molecule has 5 rings (SSSR count). The number of fused-ring (bicyclic) bond motifs is 1. The van der Waals surface area contributed by atoms with E-state index in [2.05, 4.69) is 51.5 Å². The van der Waals surface area contributed by atoms with Crippen molar-refractivity contribution < 1.29 is 9.53 Å². The van der Waals surface area contributed by atoms with Gasteiger partial charge >= 0.3 is 0 Å². The van der Waals surface area contributed by atoms with Gasteiger partial charge < -0.3 is 15.8 Å². The molecule has 3 N–H and O–H groups in total. The Morgan fingerprint density at radius 2 is 1.60 bits per heavy atom. The molecule has 0 radical (unpaired) electrons. The van der Waals surface area contributed by atoms with Crippen molar-refractivity contribution in [2.75, 3.05) is 33.3 Å². The van der Waals surface area contributed by atoms with E-state index in [4.69, 9.17) is 10.5 Å². The van der Waals surface area contributed by atoms with Gasteiger partial charge in [-0.15, -0.1) is 0 Å². The molecule has 0 spiro atoms. The summed E-state index contributed by atoms with van der Waals surface area (Å²) in [5.41, 5.74) is 9.43. The predicted molar refractivity (Wildman–Crippen MR) is 141 cm³/mol. The molecule has 2 aliphatic heterocycles. The molecule has 0 saturated carbocycles. The summed E-state index contributed by atoms with van der Waals surface area (Å²) in [6.07, 6.45) is 3.02. The van der Waals surface area contributed by atoms with Crippen molar-refractivity contribution in [3.05, 3.63) is 77.4 Å². The quantitative estimate of drug-likeness (QED) is 0.548. The molecule has 0 bridgehead atoms. The lowest BCUT2D eigenvalue weighted by molar-refractivity contribution is 0.0908. The summed E-state index contributed by atoms with van der Waals surface area (Å²) in [7, 11) is 1.62. The molecule has 2 heterocycles. The topological polar surface area (TPSA) is 70.8 Å². The number of ether oxygens (including phenoxy) is 1. The van der Waals surface area contributed by atoms with Crippen LogP contribution in [0.2, 0.25) is 0 Å². The SMILES string of the molecule is COc1cccc(C(=O)NC2CCN(Cc3ccc4ccc(CN5CCC(N)C5)cc4c3)CC2)c1. The van der Waals surface area contributed by atoms with E-state index in [9.17, 15) is 4.79 Å². The summed E-state index contributed by atoms with van der Waals surface area (Å²) in [5.74, 6) is 0.679. The van der Waals surface area contributed by atoms with Gasteiger partial charge in [-0.25, -0.2) is 0 Å². The van der Waals surface area contributed by atoms with Gasteiger partial charge in [-0.1, -0.05) is 30.3 Å². The Kier molecular flexibility index (Phi) is 7.32. The van der Waals surface area contributed by atoms with E-state index in [1.807, 2.05) is 18.2 Å². The Morgan fingerprint density at radius 1 is 0.914 bits per heavy atom. The fourth-order valence-electron chi connectivity index (χ4n) is 5.33. The van der Waals surface area contributed by atoms with Crippen molar-refractivity contribution in [2.24, 2.45) is 5.73 Å². The molecule has 2 aliphatic rings. The number of nitrogens with two attached hydrogens (primary N) is 1. The van der Waals surface area contributed by atoms with Crippen molar-refractivity contribution in [2.45, 2.75) is 44.4 Å². The first-order valence-corrected chi connectivity index (χ1v) is 12.7. The second-order valence-corrected chi connectivity index (χ2v) is 10.1. The predicted octanol–water partition coefficient (Wildman–Crippen LogP) is 3.78. The van der Waals surface area contributed by atoms with E-state index < -0.39 is 0 Å². The molecule has 1 atom stereocenters. The number of hydrogen-bond acceptors (Lipinski definition) is 5. The normalized spacial score (nSPS) is 19.8. The van der Waals surface area contributed by atoms with Gasteiger partial charge in [0.2, 0.25) is 0 Å². The first-order chi connectivity index (χ1) is 17.1. The van der Waals surface area contributed by atoms with E-state index >= 15 is 0 Å². The second kappa shape index (κ2) is 10.8. The monoisotopic (exact) mass is 472 g/mol. The van der Waals surface area contributed by atoms with Crippen LogP contribution in [-0.4, -0.2) is 61.1 Å². The maximum atomic E-state index is 12.6. The van der Waals surface area contributed by atoms with Crippen LogP contribution in [0.5, 0.6) is 5.75 Å².